The molecule has 10 N–H and O–H groups in total. The van der Waals surface area contributed by atoms with Crippen LogP contribution in [0.15, 0.2) is 233 Å². The highest BCUT2D eigenvalue weighted by atomic mass is 35.5. The molecular formula is C70H65Cl5F15N5O15S10. The Morgan fingerprint density at radius 2 is 0.358 bits per heavy atom. The molecule has 0 saturated heterocycles. The van der Waals surface area contributed by atoms with Gasteiger partial charge in [-0.1, -0.05) is 210 Å². The Morgan fingerprint density at radius 3 is 0.450 bits per heavy atom. The topological polar surface area (TPSA) is 332 Å². The number of thiophene rings is 5. The van der Waals surface area contributed by atoms with Crippen molar-refractivity contribution >= 4 is 165 Å². The Hall–Kier alpha value is -5.65. The molecule has 0 amide bonds. The van der Waals surface area contributed by atoms with Gasteiger partial charge in [-0.25, -0.2) is 65.7 Å². The molecular weight excluding hydrogens is 1930 g/mol. The van der Waals surface area contributed by atoms with E-state index in [1.807, 2.05) is 23.6 Å². The third-order valence-corrected chi connectivity index (χ3v) is 32.2. The van der Waals surface area contributed by atoms with Crippen LogP contribution in [0.4, 0.5) is 65.9 Å². The van der Waals surface area contributed by atoms with Crippen LogP contribution < -0.4 is 23.6 Å². The first-order valence-corrected chi connectivity index (χ1v) is 46.6. The molecule has 10 rings (SSSR count). The number of hydrogen-bond donors (Lipinski definition) is 10. The molecule has 0 aliphatic heterocycles. The summed E-state index contributed by atoms with van der Waals surface area (Å²) in [7, 11) is -21.2. The van der Waals surface area contributed by atoms with Crippen molar-refractivity contribution in [3.05, 3.63) is 262 Å². The number of benzene rings is 5. The molecule has 20 nitrogen and oxygen atoms in total. The lowest BCUT2D eigenvalue weighted by Gasteiger charge is -2.28. The fourth-order valence-corrected chi connectivity index (χ4v) is 24.8. The standard InChI is InChI=1S/5C14H13ClF3NO3S2/c5*15-11-6-7-12(23-11)24(21,22)19-10(8-20)13(14(16,17)18)9-4-2-1-3-5-9/h5*1-7,10,13,19-20H,8H2/t2*10-,13+;2*10-,13-;/m1010./s1. The van der Waals surface area contributed by atoms with E-state index < -0.39 is 174 Å². The molecule has 0 aliphatic rings. The fourth-order valence-electron chi connectivity index (χ4n) is 11.1. The van der Waals surface area contributed by atoms with E-state index in [1.165, 1.54) is 182 Å². The summed E-state index contributed by atoms with van der Waals surface area (Å²) in [5.41, 5.74) is -0.713. The first-order chi connectivity index (χ1) is 55.7. The zero-order chi connectivity index (χ0) is 89.8. The molecule has 5 aromatic carbocycles. The second-order valence-electron chi connectivity index (χ2n) is 24.5. The van der Waals surface area contributed by atoms with Gasteiger partial charge in [-0.3, -0.25) is 0 Å². The molecule has 10 atom stereocenters. The zero-order valence-electron chi connectivity index (χ0n) is 60.0. The van der Waals surface area contributed by atoms with Gasteiger partial charge in [0.2, 0.25) is 50.1 Å². The van der Waals surface area contributed by atoms with Gasteiger partial charge in [0.15, 0.2) is 0 Å². The average Bonchev–Trinajstić information content (AvgIpc) is 1.01. The molecule has 0 radical (unpaired) electrons. The lowest BCUT2D eigenvalue weighted by molar-refractivity contribution is -0.159. The van der Waals surface area contributed by atoms with E-state index in [1.54, 1.807) is 30.3 Å². The van der Waals surface area contributed by atoms with Crippen LogP contribution in [0.5, 0.6) is 0 Å². The van der Waals surface area contributed by atoms with E-state index >= 15 is 0 Å². The van der Waals surface area contributed by atoms with Gasteiger partial charge >= 0.3 is 30.9 Å². The predicted octanol–water partition coefficient (Wildman–Crippen LogP) is 16.9. The highest BCUT2D eigenvalue weighted by molar-refractivity contribution is 7.93. The van der Waals surface area contributed by atoms with Gasteiger partial charge in [-0.15, -0.1) is 56.7 Å². The van der Waals surface area contributed by atoms with Crippen LogP contribution in [-0.4, -0.2) is 162 Å². The fraction of sp³-hybridized carbons (Fsp3) is 0.286. The van der Waals surface area contributed by atoms with Crippen molar-refractivity contribution in [2.75, 3.05) is 33.0 Å². The molecule has 0 aliphatic carbocycles. The van der Waals surface area contributed by atoms with Crippen LogP contribution >= 0.6 is 115 Å². The summed E-state index contributed by atoms with van der Waals surface area (Å²) in [6, 6.07) is 37.9. The maximum absolute atomic E-state index is 13.5. The summed E-state index contributed by atoms with van der Waals surface area (Å²) in [5.74, 6) is -10.9. The molecule has 50 heteroatoms. The number of aliphatic hydroxyl groups excluding tert-OH is 5. The maximum atomic E-state index is 13.5. The normalized spacial score (nSPS) is 15.2. The molecule has 2 unspecified atom stereocenters. The monoisotopic (exact) mass is 1990 g/mol. The molecule has 10 aromatic rings. The summed E-state index contributed by atoms with van der Waals surface area (Å²) < 4.78 is 334. The van der Waals surface area contributed by atoms with Crippen molar-refractivity contribution in [1.82, 2.24) is 23.6 Å². The van der Waals surface area contributed by atoms with Gasteiger partial charge in [-0.2, -0.15) is 65.9 Å². The molecule has 660 valence electrons. The first kappa shape index (κ1) is 103. The van der Waals surface area contributed by atoms with Gasteiger partial charge in [0.05, 0.1) is 115 Å². The molecule has 0 bridgehead atoms. The van der Waals surface area contributed by atoms with Gasteiger partial charge in [0, 0.05) is 0 Å². The number of alkyl halides is 15. The van der Waals surface area contributed by atoms with Crippen LogP contribution in [-0.2, 0) is 50.1 Å². The number of hydrogen-bond acceptors (Lipinski definition) is 20. The maximum Gasteiger partial charge on any atom is 0.397 e. The second-order valence-corrected chi connectivity index (χ2v) is 42.8. The first-order valence-electron chi connectivity index (χ1n) is 33.3. The molecule has 5 heterocycles. The van der Waals surface area contributed by atoms with E-state index in [2.05, 4.69) is 0 Å². The predicted molar refractivity (Wildman–Crippen MR) is 429 cm³/mol. The van der Waals surface area contributed by atoms with Crippen molar-refractivity contribution in [3.8, 4) is 0 Å². The van der Waals surface area contributed by atoms with Gasteiger partial charge in [0.25, 0.3) is 0 Å². The van der Waals surface area contributed by atoms with E-state index in [0.29, 0.717) is 56.7 Å². The van der Waals surface area contributed by atoms with Gasteiger partial charge < -0.3 is 25.5 Å². The summed E-state index contributed by atoms with van der Waals surface area (Å²) in [6.45, 7) is -5.08. The number of aliphatic hydroxyl groups is 5. The van der Waals surface area contributed by atoms with Crippen molar-refractivity contribution in [3.63, 3.8) is 0 Å². The quantitative estimate of drug-likeness (QED) is 0.0187. The van der Waals surface area contributed by atoms with Gasteiger partial charge in [-0.05, 0) is 88.5 Å². The van der Waals surface area contributed by atoms with E-state index in [-0.39, 0.29) is 70.5 Å². The highest BCUT2D eigenvalue weighted by Gasteiger charge is 2.52. The smallest absolute Gasteiger partial charge is 0.395 e. The number of nitrogens with one attached hydrogen (secondary N) is 5. The average molecular weight is 2000 g/mol. The number of rotatable bonds is 30. The van der Waals surface area contributed by atoms with Crippen LogP contribution in [0.3, 0.4) is 0 Å². The molecule has 120 heavy (non-hydrogen) atoms. The molecule has 5 aromatic heterocycles. The van der Waals surface area contributed by atoms with Crippen LogP contribution in [0.2, 0.25) is 21.7 Å². The zero-order valence-corrected chi connectivity index (χ0v) is 71.9. The molecule has 0 spiro atoms. The summed E-state index contributed by atoms with van der Waals surface area (Å²) in [5, 5.41) is 46.9. The van der Waals surface area contributed by atoms with Gasteiger partial charge in [0.1, 0.15) is 21.0 Å². The van der Waals surface area contributed by atoms with E-state index in [0.717, 1.165) is 0 Å². The minimum Gasteiger partial charge on any atom is -0.395 e. The second kappa shape index (κ2) is 44.5. The number of sulfonamides is 5. The highest BCUT2D eigenvalue weighted by Crippen LogP contribution is 2.44. The Kier molecular flexibility index (Phi) is 38.2. The van der Waals surface area contributed by atoms with Crippen LogP contribution in [0.25, 0.3) is 0 Å². The van der Waals surface area contributed by atoms with Crippen LogP contribution in [0, 0.1) is 0 Å². The van der Waals surface area contributed by atoms with Crippen molar-refractivity contribution in [2.45, 2.75) is 112 Å². The largest absolute Gasteiger partial charge is 0.397 e. The van der Waals surface area contributed by atoms with Crippen molar-refractivity contribution < 1.29 is 133 Å². The Morgan fingerprint density at radius 1 is 0.233 bits per heavy atom. The lowest BCUT2D eigenvalue weighted by Crippen LogP contribution is -2.46. The van der Waals surface area contributed by atoms with Crippen LogP contribution in [0.1, 0.15) is 57.4 Å². The van der Waals surface area contributed by atoms with E-state index in [9.17, 15) is 133 Å². The summed E-state index contributed by atoms with van der Waals surface area (Å²) in [6.07, 6.45) is -23.7. The Labute approximate surface area is 722 Å². The molecule has 0 fully saturated rings. The minimum atomic E-state index is -4.75. The third-order valence-electron chi connectivity index (χ3n) is 16.2. The van der Waals surface area contributed by atoms with Crippen molar-refractivity contribution in [1.29, 1.82) is 0 Å². The van der Waals surface area contributed by atoms with E-state index in [4.69, 9.17) is 58.0 Å². The Balaban J connectivity index is 0.000000233. The van der Waals surface area contributed by atoms with Crippen molar-refractivity contribution in [2.24, 2.45) is 0 Å². The summed E-state index contributed by atoms with van der Waals surface area (Å²) in [4.78, 5) is 0. The minimum absolute atomic E-state index is 0.143. The summed E-state index contributed by atoms with van der Waals surface area (Å²) >= 11 is 31.9. The lowest BCUT2D eigenvalue weighted by atomic mass is 9.92. The number of halogens is 20. The Bertz CT molecular complexity index is 4670. The third kappa shape index (κ3) is 30.3. The molecule has 0 saturated carbocycles. The SMILES string of the molecule is O=S(=O)(NC(CO)C(c1ccccc1)C(F)(F)F)c1ccc(Cl)s1.O=S(=O)(N[C@@H](CO)[C@@H](c1ccccc1)C(F)(F)F)c1ccc(Cl)s1.O=S(=O)(N[C@@H](CO)[C@H](c1ccccc1)C(F)(F)F)c1ccc(Cl)s1.O=S(=O)(N[C@H](CO)[C@@H](c1ccccc1)C(F)(F)F)c1ccc(Cl)s1.O=S(=O)(N[C@H](CO)[C@H](c1ccccc1)C(F)(F)F)c1ccc(Cl)s1.